The van der Waals surface area contributed by atoms with Crippen LogP contribution in [0.3, 0.4) is 0 Å². The third kappa shape index (κ3) is 3.01. The van der Waals surface area contributed by atoms with Crippen molar-refractivity contribution in [1.82, 2.24) is 0 Å². The van der Waals surface area contributed by atoms with Gasteiger partial charge in [0.1, 0.15) is 0 Å². The van der Waals surface area contributed by atoms with E-state index in [1.165, 1.54) is 0 Å². The molecule has 0 saturated heterocycles. The Kier molecular flexibility index (Phi) is 3.91. The van der Waals surface area contributed by atoms with E-state index in [4.69, 9.17) is 16.7 Å². The molecular formula is C8H6BrClN2O2. The van der Waals surface area contributed by atoms with Crippen LogP contribution in [-0.4, -0.2) is 16.2 Å². The third-order valence-corrected chi connectivity index (χ3v) is 2.26. The minimum atomic E-state index is -1.27. The summed E-state index contributed by atoms with van der Waals surface area (Å²) in [5.41, 5.74) is 3.17. The molecule has 0 radical (unpaired) electrons. The molecule has 0 unspecified atom stereocenters. The second kappa shape index (κ2) is 4.97. The number of carboxylic acid groups (broad SMARTS) is 1. The molecule has 0 saturated carbocycles. The van der Waals surface area contributed by atoms with Crippen molar-refractivity contribution in [2.75, 3.05) is 5.43 Å². The van der Waals surface area contributed by atoms with Gasteiger partial charge in [0.25, 0.3) is 0 Å². The monoisotopic (exact) mass is 276 g/mol. The molecule has 74 valence electrons. The van der Waals surface area contributed by atoms with Crippen molar-refractivity contribution in [3.63, 3.8) is 0 Å². The van der Waals surface area contributed by atoms with Crippen LogP contribution in [0.15, 0.2) is 33.8 Å². The number of nitrogens with zero attached hydrogens (tertiary/aromatic N) is 1. The first-order valence-corrected chi connectivity index (χ1v) is 4.75. The molecule has 2 N–H and O–H groups in total. The van der Waals surface area contributed by atoms with Gasteiger partial charge in [0.15, 0.2) is 0 Å². The summed E-state index contributed by atoms with van der Waals surface area (Å²) in [5, 5.41) is 11.4. The topological polar surface area (TPSA) is 61.7 Å². The van der Waals surface area contributed by atoms with E-state index in [0.29, 0.717) is 5.69 Å². The molecule has 0 aliphatic heterocycles. The van der Waals surface area contributed by atoms with Gasteiger partial charge < -0.3 is 5.11 Å². The first-order chi connectivity index (χ1) is 6.61. The summed E-state index contributed by atoms with van der Waals surface area (Å²) < 4.78 is 0.776. The number of carbonyl (C=O) groups is 1. The van der Waals surface area contributed by atoms with Crippen molar-refractivity contribution < 1.29 is 9.90 Å². The predicted molar refractivity (Wildman–Crippen MR) is 58.7 cm³/mol. The van der Waals surface area contributed by atoms with E-state index in [0.717, 1.165) is 4.47 Å². The summed E-state index contributed by atoms with van der Waals surface area (Å²) in [5.74, 6) is -1.27. The summed E-state index contributed by atoms with van der Waals surface area (Å²) in [6, 6.07) is 7.15. The molecular weight excluding hydrogens is 271 g/mol. The first-order valence-electron chi connectivity index (χ1n) is 3.58. The average Bonchev–Trinajstić information content (AvgIpc) is 2.16. The van der Waals surface area contributed by atoms with E-state index in [9.17, 15) is 4.79 Å². The number of hydrazone groups is 1. The summed E-state index contributed by atoms with van der Waals surface area (Å²) in [4.78, 5) is 10.3. The maximum Gasteiger partial charge on any atom is 0.368 e. The molecule has 1 aromatic carbocycles. The van der Waals surface area contributed by atoms with E-state index in [1.807, 2.05) is 6.07 Å². The molecule has 1 rings (SSSR count). The van der Waals surface area contributed by atoms with Crippen molar-refractivity contribution in [3.05, 3.63) is 28.7 Å². The Hall–Kier alpha value is -1.07. The van der Waals surface area contributed by atoms with Crippen LogP contribution in [0, 0.1) is 0 Å². The van der Waals surface area contributed by atoms with Gasteiger partial charge in [-0.05, 0) is 28.1 Å². The number of para-hydroxylation sites is 1. The second-order valence-electron chi connectivity index (χ2n) is 2.30. The van der Waals surface area contributed by atoms with Crippen LogP contribution in [0.5, 0.6) is 0 Å². The van der Waals surface area contributed by atoms with Crippen LogP contribution in [0.25, 0.3) is 0 Å². The first kappa shape index (κ1) is 11.0. The van der Waals surface area contributed by atoms with E-state index in [2.05, 4.69) is 26.5 Å². The molecule has 0 spiro atoms. The lowest BCUT2D eigenvalue weighted by Crippen LogP contribution is -2.07. The molecule has 0 aliphatic carbocycles. The maximum absolute atomic E-state index is 10.3. The Labute approximate surface area is 93.7 Å². The number of anilines is 1. The molecule has 0 heterocycles. The van der Waals surface area contributed by atoms with Crippen molar-refractivity contribution in [3.8, 4) is 0 Å². The lowest BCUT2D eigenvalue weighted by Gasteiger charge is -2.01. The van der Waals surface area contributed by atoms with Crippen LogP contribution in [-0.2, 0) is 4.79 Å². The number of rotatable bonds is 3. The Morgan fingerprint density at radius 3 is 2.71 bits per heavy atom. The van der Waals surface area contributed by atoms with Crippen LogP contribution in [0.1, 0.15) is 0 Å². The van der Waals surface area contributed by atoms with E-state index >= 15 is 0 Å². The molecule has 14 heavy (non-hydrogen) atoms. The van der Waals surface area contributed by atoms with Crippen LogP contribution in [0.4, 0.5) is 5.69 Å². The Balaban J connectivity index is 2.76. The van der Waals surface area contributed by atoms with Gasteiger partial charge in [-0.2, -0.15) is 5.10 Å². The Bertz CT molecular complexity index is 381. The highest BCUT2D eigenvalue weighted by molar-refractivity contribution is 9.10. The molecule has 1 aromatic rings. The molecule has 0 amide bonds. The van der Waals surface area contributed by atoms with Gasteiger partial charge in [-0.25, -0.2) is 4.79 Å². The zero-order valence-electron chi connectivity index (χ0n) is 6.87. The molecule has 0 fully saturated rings. The highest BCUT2D eigenvalue weighted by Crippen LogP contribution is 2.20. The number of carboxylic acids is 1. The molecule has 0 atom stereocenters. The molecule has 6 heteroatoms. The smallest absolute Gasteiger partial charge is 0.368 e. The van der Waals surface area contributed by atoms with Gasteiger partial charge in [0.05, 0.1) is 5.69 Å². The number of hydrogen-bond donors (Lipinski definition) is 2. The van der Waals surface area contributed by atoms with E-state index in [1.54, 1.807) is 18.2 Å². The minimum Gasteiger partial charge on any atom is -0.476 e. The number of nitrogens with one attached hydrogen (secondary N) is 1. The largest absolute Gasteiger partial charge is 0.476 e. The van der Waals surface area contributed by atoms with E-state index in [-0.39, 0.29) is 0 Å². The van der Waals surface area contributed by atoms with Crippen molar-refractivity contribution in [1.29, 1.82) is 0 Å². The zero-order valence-corrected chi connectivity index (χ0v) is 9.21. The number of benzene rings is 1. The number of halogens is 2. The highest BCUT2D eigenvalue weighted by atomic mass is 79.9. The van der Waals surface area contributed by atoms with Crippen molar-refractivity contribution in [2.45, 2.75) is 0 Å². The van der Waals surface area contributed by atoms with Crippen LogP contribution >= 0.6 is 27.5 Å². The molecule has 0 aliphatic rings. The molecule has 0 bridgehead atoms. The molecule has 0 aromatic heterocycles. The normalized spacial score (nSPS) is 11.1. The minimum absolute atomic E-state index is 0.513. The fraction of sp³-hybridized carbons (Fsp3) is 0. The summed E-state index contributed by atoms with van der Waals surface area (Å²) >= 11 is 8.55. The van der Waals surface area contributed by atoms with E-state index < -0.39 is 11.1 Å². The average molecular weight is 278 g/mol. The van der Waals surface area contributed by atoms with Gasteiger partial charge in [-0.3, -0.25) is 5.43 Å². The van der Waals surface area contributed by atoms with Gasteiger partial charge in [-0.15, -0.1) is 0 Å². The van der Waals surface area contributed by atoms with Crippen molar-refractivity contribution in [2.24, 2.45) is 5.10 Å². The van der Waals surface area contributed by atoms with Gasteiger partial charge >= 0.3 is 5.97 Å². The predicted octanol–water partition coefficient (Wildman–Crippen LogP) is 2.50. The summed E-state index contributed by atoms with van der Waals surface area (Å²) in [7, 11) is 0. The SMILES string of the molecule is O=C(O)C(Cl)=NNc1ccccc1Br. The quantitative estimate of drug-likeness (QED) is 0.659. The lowest BCUT2D eigenvalue weighted by molar-refractivity contribution is -0.129. The fourth-order valence-electron chi connectivity index (χ4n) is 0.709. The zero-order chi connectivity index (χ0) is 10.6. The fourth-order valence-corrected chi connectivity index (χ4v) is 1.12. The van der Waals surface area contributed by atoms with Gasteiger partial charge in [-0.1, -0.05) is 23.7 Å². The second-order valence-corrected chi connectivity index (χ2v) is 3.51. The Morgan fingerprint density at radius 1 is 1.50 bits per heavy atom. The van der Waals surface area contributed by atoms with Gasteiger partial charge in [0.2, 0.25) is 5.17 Å². The lowest BCUT2D eigenvalue weighted by atomic mass is 10.3. The highest BCUT2D eigenvalue weighted by Gasteiger charge is 2.04. The number of hydrogen-bond acceptors (Lipinski definition) is 3. The summed E-state index contributed by atoms with van der Waals surface area (Å²) in [6.07, 6.45) is 0. The van der Waals surface area contributed by atoms with Crippen LogP contribution in [0.2, 0.25) is 0 Å². The standard InChI is InChI=1S/C8H6BrClN2O2/c9-5-3-1-2-4-6(5)11-12-7(10)8(13)14/h1-4,11H,(H,13,14). The van der Waals surface area contributed by atoms with Gasteiger partial charge in [0, 0.05) is 4.47 Å². The van der Waals surface area contributed by atoms with Crippen molar-refractivity contribution >= 4 is 44.4 Å². The molecule has 4 nitrogen and oxygen atoms in total. The Morgan fingerprint density at radius 2 is 2.14 bits per heavy atom. The number of aliphatic carboxylic acids is 1. The van der Waals surface area contributed by atoms with Crippen LogP contribution < -0.4 is 5.43 Å². The third-order valence-electron chi connectivity index (χ3n) is 1.32. The maximum atomic E-state index is 10.3. The summed E-state index contributed by atoms with van der Waals surface area (Å²) in [6.45, 7) is 0.